The molecule has 132 valence electrons. The SMILES string of the molecule is CCc1ccc2oc3c(c(=O)c2c1)C(c1ccccn1)N(CCO)C3=O. The molecule has 2 aromatic heterocycles. The Kier molecular flexibility index (Phi) is 4.05. The van der Waals surface area contributed by atoms with Crippen LogP contribution in [0.1, 0.15) is 40.3 Å². The van der Waals surface area contributed by atoms with Crippen molar-refractivity contribution in [1.82, 2.24) is 9.88 Å². The Bertz CT molecular complexity index is 1040. The van der Waals surface area contributed by atoms with Gasteiger partial charge in [0, 0.05) is 12.7 Å². The van der Waals surface area contributed by atoms with E-state index in [-0.39, 0.29) is 24.3 Å². The van der Waals surface area contributed by atoms with Gasteiger partial charge in [0.15, 0.2) is 5.43 Å². The van der Waals surface area contributed by atoms with Crippen LogP contribution < -0.4 is 5.43 Å². The number of hydrogen-bond donors (Lipinski definition) is 1. The van der Waals surface area contributed by atoms with Crippen LogP contribution in [-0.4, -0.2) is 34.0 Å². The molecule has 0 fully saturated rings. The summed E-state index contributed by atoms with van der Waals surface area (Å²) in [7, 11) is 0. The molecule has 0 radical (unpaired) electrons. The lowest BCUT2D eigenvalue weighted by Crippen LogP contribution is -2.32. The van der Waals surface area contributed by atoms with E-state index in [2.05, 4.69) is 4.98 Å². The molecular weight excluding hydrogens is 332 g/mol. The second-order valence-corrected chi connectivity index (χ2v) is 6.24. The number of rotatable bonds is 4. The first-order chi connectivity index (χ1) is 12.7. The quantitative estimate of drug-likeness (QED) is 0.780. The van der Waals surface area contributed by atoms with Crippen LogP contribution in [0.15, 0.2) is 51.8 Å². The van der Waals surface area contributed by atoms with Crippen molar-refractivity contribution in [3.8, 4) is 0 Å². The largest absolute Gasteiger partial charge is 0.450 e. The third kappa shape index (κ3) is 2.42. The van der Waals surface area contributed by atoms with Gasteiger partial charge < -0.3 is 14.4 Å². The van der Waals surface area contributed by atoms with E-state index >= 15 is 0 Å². The summed E-state index contributed by atoms with van der Waals surface area (Å²) in [5, 5.41) is 9.85. The van der Waals surface area contributed by atoms with Crippen LogP contribution in [0, 0.1) is 0 Å². The van der Waals surface area contributed by atoms with Crippen LogP contribution >= 0.6 is 0 Å². The third-order valence-electron chi connectivity index (χ3n) is 4.75. The van der Waals surface area contributed by atoms with E-state index in [9.17, 15) is 14.7 Å². The predicted molar refractivity (Wildman–Crippen MR) is 96.1 cm³/mol. The minimum atomic E-state index is -0.656. The van der Waals surface area contributed by atoms with Gasteiger partial charge in [0.1, 0.15) is 11.6 Å². The molecule has 0 saturated carbocycles. The maximum atomic E-state index is 13.2. The number of aliphatic hydroxyl groups excluding tert-OH is 1. The summed E-state index contributed by atoms with van der Waals surface area (Å²) in [6, 6.07) is 10.1. The number of aryl methyl sites for hydroxylation is 1. The van der Waals surface area contributed by atoms with Crippen molar-refractivity contribution < 1.29 is 14.3 Å². The number of nitrogens with zero attached hydrogens (tertiary/aromatic N) is 2. The van der Waals surface area contributed by atoms with Crippen molar-refractivity contribution in [3.05, 3.63) is 75.4 Å². The Hall–Kier alpha value is -2.99. The zero-order valence-electron chi connectivity index (χ0n) is 14.3. The van der Waals surface area contributed by atoms with Crippen molar-refractivity contribution >= 4 is 16.9 Å². The molecule has 1 aliphatic heterocycles. The molecule has 1 unspecified atom stereocenters. The van der Waals surface area contributed by atoms with Gasteiger partial charge in [-0.2, -0.15) is 0 Å². The second-order valence-electron chi connectivity index (χ2n) is 6.24. The molecule has 4 rings (SSSR count). The molecule has 0 bridgehead atoms. The molecule has 1 N–H and O–H groups in total. The van der Waals surface area contributed by atoms with Gasteiger partial charge in [-0.15, -0.1) is 0 Å². The number of benzene rings is 1. The van der Waals surface area contributed by atoms with Crippen molar-refractivity contribution in [2.45, 2.75) is 19.4 Å². The maximum Gasteiger partial charge on any atom is 0.291 e. The molecular formula is C20H18N2O4. The van der Waals surface area contributed by atoms with E-state index in [1.807, 2.05) is 19.1 Å². The first kappa shape index (κ1) is 16.5. The summed E-state index contributed by atoms with van der Waals surface area (Å²) in [4.78, 5) is 31.8. The van der Waals surface area contributed by atoms with Gasteiger partial charge in [0.2, 0.25) is 5.76 Å². The van der Waals surface area contributed by atoms with Crippen LogP contribution in [0.5, 0.6) is 0 Å². The Morgan fingerprint density at radius 3 is 2.77 bits per heavy atom. The third-order valence-corrected chi connectivity index (χ3v) is 4.75. The van der Waals surface area contributed by atoms with Gasteiger partial charge >= 0.3 is 0 Å². The lowest BCUT2D eigenvalue weighted by molar-refractivity contribution is 0.0689. The number of carbonyl (C=O) groups excluding carboxylic acids is 1. The van der Waals surface area contributed by atoms with E-state index < -0.39 is 11.9 Å². The molecule has 1 atom stereocenters. The summed E-state index contributed by atoms with van der Waals surface area (Å²) in [5.74, 6) is -0.362. The molecule has 6 heteroatoms. The number of aromatic nitrogens is 1. The van der Waals surface area contributed by atoms with Crippen molar-refractivity contribution in [3.63, 3.8) is 0 Å². The number of amides is 1. The zero-order chi connectivity index (χ0) is 18.3. The second kappa shape index (κ2) is 6.38. The smallest absolute Gasteiger partial charge is 0.291 e. The molecule has 1 aliphatic rings. The van der Waals surface area contributed by atoms with Gasteiger partial charge in [0.25, 0.3) is 5.91 Å². The maximum absolute atomic E-state index is 13.2. The number of fused-ring (bicyclic) bond motifs is 2. The Morgan fingerprint density at radius 1 is 1.23 bits per heavy atom. The van der Waals surface area contributed by atoms with Gasteiger partial charge in [0.05, 0.1) is 23.3 Å². The normalized spacial score (nSPS) is 16.3. The number of β-amino-alcohol motifs (C(OH)–C–C–N with tert-alkyl or cyclic N) is 1. The summed E-state index contributed by atoms with van der Waals surface area (Å²) in [6.07, 6.45) is 2.42. The minimum absolute atomic E-state index is 0.0378. The molecule has 26 heavy (non-hydrogen) atoms. The van der Waals surface area contributed by atoms with E-state index in [1.54, 1.807) is 30.5 Å². The Labute approximate surface area is 149 Å². The highest BCUT2D eigenvalue weighted by molar-refractivity contribution is 5.99. The fourth-order valence-electron chi connectivity index (χ4n) is 3.47. The van der Waals surface area contributed by atoms with Crippen molar-refractivity contribution in [2.75, 3.05) is 13.2 Å². The standard InChI is InChI=1S/C20H18N2O4/c1-2-12-6-7-15-13(11-12)18(24)16-17(14-5-3-4-8-21-14)22(9-10-23)20(25)19(16)26-15/h3-8,11,17,23H,2,9-10H2,1H3. The van der Waals surface area contributed by atoms with Gasteiger partial charge in [-0.05, 0) is 36.2 Å². The number of hydrogen-bond acceptors (Lipinski definition) is 5. The van der Waals surface area contributed by atoms with Gasteiger partial charge in [-0.1, -0.05) is 19.1 Å². The molecule has 0 spiro atoms. The van der Waals surface area contributed by atoms with Crippen LogP contribution in [0.3, 0.4) is 0 Å². The molecule has 0 saturated heterocycles. The summed E-state index contributed by atoms with van der Waals surface area (Å²) >= 11 is 0. The molecule has 0 aliphatic carbocycles. The Balaban J connectivity index is 2.01. The molecule has 6 nitrogen and oxygen atoms in total. The number of aliphatic hydroxyl groups is 1. The van der Waals surface area contributed by atoms with Crippen LogP contribution in [0.4, 0.5) is 0 Å². The summed E-state index contributed by atoms with van der Waals surface area (Å²) in [5.41, 5.74) is 2.07. The van der Waals surface area contributed by atoms with Crippen molar-refractivity contribution in [1.29, 1.82) is 0 Å². The fourth-order valence-corrected chi connectivity index (χ4v) is 3.47. The highest BCUT2D eigenvalue weighted by Crippen LogP contribution is 2.37. The first-order valence-corrected chi connectivity index (χ1v) is 8.58. The van der Waals surface area contributed by atoms with E-state index in [0.29, 0.717) is 22.2 Å². The first-order valence-electron chi connectivity index (χ1n) is 8.58. The average molecular weight is 350 g/mol. The lowest BCUT2D eigenvalue weighted by atomic mass is 10.0. The van der Waals surface area contributed by atoms with Crippen LogP contribution in [0.25, 0.3) is 11.0 Å². The molecule has 3 heterocycles. The topological polar surface area (TPSA) is 83.6 Å². The van der Waals surface area contributed by atoms with Gasteiger partial charge in [-0.25, -0.2) is 0 Å². The van der Waals surface area contributed by atoms with Gasteiger partial charge in [-0.3, -0.25) is 14.6 Å². The predicted octanol–water partition coefficient (Wildman–Crippen LogP) is 2.29. The highest BCUT2D eigenvalue weighted by atomic mass is 16.3. The fraction of sp³-hybridized carbons (Fsp3) is 0.250. The Morgan fingerprint density at radius 2 is 2.08 bits per heavy atom. The van der Waals surface area contributed by atoms with E-state index in [4.69, 9.17) is 4.42 Å². The van der Waals surface area contributed by atoms with E-state index in [1.165, 1.54) is 4.90 Å². The highest BCUT2D eigenvalue weighted by Gasteiger charge is 2.43. The van der Waals surface area contributed by atoms with Crippen LogP contribution in [-0.2, 0) is 6.42 Å². The minimum Gasteiger partial charge on any atom is -0.450 e. The number of pyridine rings is 1. The average Bonchev–Trinajstić information content (AvgIpc) is 2.95. The van der Waals surface area contributed by atoms with Crippen LogP contribution in [0.2, 0.25) is 0 Å². The van der Waals surface area contributed by atoms with E-state index in [0.717, 1.165) is 12.0 Å². The van der Waals surface area contributed by atoms with Crippen molar-refractivity contribution in [2.24, 2.45) is 0 Å². The number of carbonyl (C=O) groups is 1. The molecule has 3 aromatic rings. The summed E-state index contributed by atoms with van der Waals surface area (Å²) < 4.78 is 5.82. The summed E-state index contributed by atoms with van der Waals surface area (Å²) in [6.45, 7) is 1.90. The zero-order valence-corrected chi connectivity index (χ0v) is 14.3. The molecule has 1 aromatic carbocycles. The molecule has 1 amide bonds. The lowest BCUT2D eigenvalue weighted by Gasteiger charge is -2.23. The monoisotopic (exact) mass is 350 g/mol.